The van der Waals surface area contributed by atoms with Crippen LogP contribution in [0.4, 0.5) is 11.4 Å². The van der Waals surface area contributed by atoms with E-state index < -0.39 is 28.0 Å². The molecule has 4 rings (SSSR count). The molecular weight excluding hydrogens is 460 g/mol. The van der Waals surface area contributed by atoms with Crippen LogP contribution in [0, 0.1) is 0 Å². The normalized spacial score (nSPS) is 15.0. The predicted molar refractivity (Wildman–Crippen MR) is 125 cm³/mol. The van der Waals surface area contributed by atoms with E-state index in [1.165, 1.54) is 38.5 Å². The highest BCUT2D eigenvalue weighted by atomic mass is 32.2. The lowest BCUT2D eigenvalue weighted by atomic mass is 10.2. The maximum Gasteiger partial charge on any atom is 0.337 e. The fourth-order valence-electron chi connectivity index (χ4n) is 3.47. The molecule has 9 nitrogen and oxygen atoms in total. The summed E-state index contributed by atoms with van der Waals surface area (Å²) >= 11 is 0. The van der Waals surface area contributed by atoms with E-state index in [9.17, 15) is 18.0 Å². The van der Waals surface area contributed by atoms with Crippen LogP contribution >= 0.6 is 0 Å². The van der Waals surface area contributed by atoms with Gasteiger partial charge in [-0.05, 0) is 60.7 Å². The van der Waals surface area contributed by atoms with E-state index in [-0.39, 0.29) is 17.2 Å². The van der Waals surface area contributed by atoms with Gasteiger partial charge in [-0.2, -0.15) is 0 Å². The molecule has 176 valence electrons. The first-order valence-electron chi connectivity index (χ1n) is 10.2. The van der Waals surface area contributed by atoms with Crippen molar-refractivity contribution in [3.05, 3.63) is 78.4 Å². The number of nitrogens with zero attached hydrogens (tertiary/aromatic N) is 1. The van der Waals surface area contributed by atoms with E-state index in [0.29, 0.717) is 22.7 Å². The van der Waals surface area contributed by atoms with E-state index in [1.807, 2.05) is 0 Å². The van der Waals surface area contributed by atoms with Gasteiger partial charge in [0.1, 0.15) is 11.5 Å². The van der Waals surface area contributed by atoms with Crippen molar-refractivity contribution >= 4 is 33.3 Å². The Morgan fingerprint density at radius 1 is 0.971 bits per heavy atom. The number of carbonyl (C=O) groups excluding carboxylic acids is 2. The van der Waals surface area contributed by atoms with E-state index in [2.05, 4.69) is 10.1 Å². The Kier molecular flexibility index (Phi) is 6.42. The number of methoxy groups -OCH3 is 2. The average molecular weight is 483 g/mol. The summed E-state index contributed by atoms with van der Waals surface area (Å²) in [6, 6.07) is 18.8. The fourth-order valence-corrected chi connectivity index (χ4v) is 4.95. The Morgan fingerprint density at radius 3 is 2.29 bits per heavy atom. The van der Waals surface area contributed by atoms with Gasteiger partial charge in [0.25, 0.3) is 15.9 Å². The topological polar surface area (TPSA) is 111 Å². The van der Waals surface area contributed by atoms with Crippen LogP contribution < -0.4 is 19.1 Å². The number of fused-ring (bicyclic) bond motifs is 1. The largest absolute Gasteiger partial charge is 0.497 e. The molecule has 0 saturated heterocycles. The minimum atomic E-state index is -3.99. The quantitative estimate of drug-likeness (QED) is 0.538. The van der Waals surface area contributed by atoms with Gasteiger partial charge >= 0.3 is 5.97 Å². The summed E-state index contributed by atoms with van der Waals surface area (Å²) in [6.45, 7) is -0.225. The van der Waals surface area contributed by atoms with Gasteiger partial charge in [0.05, 0.1) is 36.9 Å². The maximum atomic E-state index is 13.5. The van der Waals surface area contributed by atoms with Gasteiger partial charge in [0, 0.05) is 5.69 Å². The number of carbonyl (C=O) groups is 2. The molecule has 1 N–H and O–H groups in total. The highest BCUT2D eigenvalue weighted by molar-refractivity contribution is 7.92. The molecule has 34 heavy (non-hydrogen) atoms. The van der Waals surface area contributed by atoms with Crippen LogP contribution in [0.2, 0.25) is 0 Å². The number of benzene rings is 3. The van der Waals surface area contributed by atoms with Crippen LogP contribution in [0.5, 0.6) is 11.5 Å². The van der Waals surface area contributed by atoms with Crippen molar-refractivity contribution in [3.63, 3.8) is 0 Å². The first-order chi connectivity index (χ1) is 16.3. The summed E-state index contributed by atoms with van der Waals surface area (Å²) in [5, 5.41) is 2.70. The second-order valence-corrected chi connectivity index (χ2v) is 9.21. The highest BCUT2D eigenvalue weighted by Crippen LogP contribution is 2.37. The minimum absolute atomic E-state index is 0.0579. The van der Waals surface area contributed by atoms with Gasteiger partial charge in [-0.1, -0.05) is 12.1 Å². The molecule has 0 saturated carbocycles. The molecule has 0 unspecified atom stereocenters. The van der Waals surface area contributed by atoms with Crippen molar-refractivity contribution in [2.24, 2.45) is 0 Å². The van der Waals surface area contributed by atoms with Gasteiger partial charge in [-0.3, -0.25) is 9.10 Å². The van der Waals surface area contributed by atoms with Crippen molar-refractivity contribution < 1.29 is 32.2 Å². The van der Waals surface area contributed by atoms with Crippen molar-refractivity contribution in [1.82, 2.24) is 0 Å². The van der Waals surface area contributed by atoms with Gasteiger partial charge in [0.15, 0.2) is 6.10 Å². The van der Waals surface area contributed by atoms with E-state index in [1.54, 1.807) is 48.5 Å². The Labute approximate surface area is 196 Å². The number of esters is 1. The molecule has 1 heterocycles. The van der Waals surface area contributed by atoms with Crippen LogP contribution in [-0.4, -0.2) is 47.2 Å². The zero-order valence-corrected chi connectivity index (χ0v) is 19.2. The third-order valence-electron chi connectivity index (χ3n) is 5.25. The van der Waals surface area contributed by atoms with E-state index in [0.717, 1.165) is 4.31 Å². The Bertz CT molecular complexity index is 1310. The summed E-state index contributed by atoms with van der Waals surface area (Å²) in [5.41, 5.74) is 1.09. The first-order valence-corrected chi connectivity index (χ1v) is 11.7. The second kappa shape index (κ2) is 9.44. The number of anilines is 2. The van der Waals surface area contributed by atoms with E-state index >= 15 is 0 Å². The Balaban J connectivity index is 1.59. The number of amides is 1. The summed E-state index contributed by atoms with van der Waals surface area (Å²) in [7, 11) is -1.22. The summed E-state index contributed by atoms with van der Waals surface area (Å²) in [6.07, 6.45) is -1.11. The molecule has 0 spiro atoms. The van der Waals surface area contributed by atoms with Gasteiger partial charge in [-0.15, -0.1) is 0 Å². The van der Waals surface area contributed by atoms with Crippen molar-refractivity contribution in [3.8, 4) is 11.5 Å². The molecule has 0 aliphatic carbocycles. The lowest BCUT2D eigenvalue weighted by Gasteiger charge is -2.34. The highest BCUT2D eigenvalue weighted by Gasteiger charge is 2.37. The Hall–Kier alpha value is -4.05. The van der Waals surface area contributed by atoms with Crippen molar-refractivity contribution in [2.45, 2.75) is 11.0 Å². The maximum absolute atomic E-state index is 13.5. The van der Waals surface area contributed by atoms with Crippen LogP contribution in [0.15, 0.2) is 77.7 Å². The monoisotopic (exact) mass is 482 g/mol. The molecule has 3 aromatic rings. The number of ether oxygens (including phenoxy) is 3. The van der Waals surface area contributed by atoms with Crippen LogP contribution in [0.1, 0.15) is 10.4 Å². The third-order valence-corrected chi connectivity index (χ3v) is 7.04. The van der Waals surface area contributed by atoms with Gasteiger partial charge in [-0.25, -0.2) is 13.2 Å². The molecule has 0 fully saturated rings. The molecule has 0 radical (unpaired) electrons. The summed E-state index contributed by atoms with van der Waals surface area (Å²) < 4.78 is 43.7. The SMILES string of the molecule is COC(=O)c1ccc(NC(=O)[C@H]2CN(S(=O)(=O)c3ccc(OC)cc3)c3ccccc3O2)cc1. The number of hydrogen-bond acceptors (Lipinski definition) is 7. The fraction of sp³-hybridized carbons (Fsp3) is 0.167. The molecule has 10 heteroatoms. The molecule has 0 aromatic heterocycles. The molecule has 0 bridgehead atoms. The standard InChI is InChI=1S/C24H22N2O7S/c1-31-18-11-13-19(14-12-18)34(29,30)26-15-22(33-21-6-4-3-5-20(21)26)23(27)25-17-9-7-16(8-10-17)24(28)32-2/h3-14,22H,15H2,1-2H3,(H,25,27)/t22-/m1/s1. The van der Waals surface area contributed by atoms with Crippen LogP contribution in [0.3, 0.4) is 0 Å². The van der Waals surface area contributed by atoms with Gasteiger partial charge in [0.2, 0.25) is 0 Å². The Morgan fingerprint density at radius 2 is 1.65 bits per heavy atom. The smallest absolute Gasteiger partial charge is 0.337 e. The predicted octanol–water partition coefficient (Wildman–Crippen LogP) is 3.08. The lowest BCUT2D eigenvalue weighted by molar-refractivity contribution is -0.122. The summed E-state index contributed by atoms with van der Waals surface area (Å²) in [4.78, 5) is 24.6. The lowest BCUT2D eigenvalue weighted by Crippen LogP contribution is -2.48. The number of rotatable bonds is 6. The molecule has 3 aromatic carbocycles. The van der Waals surface area contributed by atoms with Crippen LogP contribution in [-0.2, 0) is 19.6 Å². The average Bonchev–Trinajstić information content (AvgIpc) is 2.87. The number of sulfonamides is 1. The van der Waals surface area contributed by atoms with Crippen LogP contribution in [0.25, 0.3) is 0 Å². The second-order valence-electron chi connectivity index (χ2n) is 7.34. The van der Waals surface area contributed by atoms with E-state index in [4.69, 9.17) is 9.47 Å². The summed E-state index contributed by atoms with van der Waals surface area (Å²) in [5.74, 6) is -0.233. The third kappa shape index (κ3) is 4.53. The zero-order valence-electron chi connectivity index (χ0n) is 18.4. The first kappa shape index (κ1) is 23.1. The van der Waals surface area contributed by atoms with Crippen molar-refractivity contribution in [2.75, 3.05) is 30.4 Å². The number of para-hydroxylation sites is 2. The molecule has 1 aliphatic rings. The molecular formula is C24H22N2O7S. The number of nitrogens with one attached hydrogen (secondary N) is 1. The van der Waals surface area contributed by atoms with Crippen molar-refractivity contribution in [1.29, 1.82) is 0 Å². The van der Waals surface area contributed by atoms with Gasteiger partial charge < -0.3 is 19.5 Å². The minimum Gasteiger partial charge on any atom is -0.497 e. The zero-order chi connectivity index (χ0) is 24.3. The molecule has 1 aliphatic heterocycles. The number of hydrogen-bond donors (Lipinski definition) is 1. The molecule has 1 amide bonds. The molecule has 1 atom stereocenters.